The minimum Gasteiger partial charge on any atom is -0.397 e. The molecule has 0 radical (unpaired) electrons. The van der Waals surface area contributed by atoms with Crippen LogP contribution in [-0.2, 0) is 6.54 Å². The lowest BCUT2D eigenvalue weighted by atomic mass is 10.1. The van der Waals surface area contributed by atoms with Crippen LogP contribution >= 0.6 is 0 Å². The fraction of sp³-hybridized carbons (Fsp3) is 0.267. The molecule has 1 amide bonds. The lowest BCUT2D eigenvalue weighted by Crippen LogP contribution is -2.30. The predicted octanol–water partition coefficient (Wildman–Crippen LogP) is 2.57. The minimum atomic E-state index is -0.0255. The molecule has 19 heavy (non-hydrogen) atoms. The summed E-state index contributed by atoms with van der Waals surface area (Å²) in [6.45, 7) is 5.30. The van der Waals surface area contributed by atoms with E-state index in [-0.39, 0.29) is 5.91 Å². The number of aromatic nitrogens is 1. The number of aromatic amines is 1. The van der Waals surface area contributed by atoms with Gasteiger partial charge in [-0.3, -0.25) is 4.79 Å². The molecule has 0 saturated heterocycles. The third kappa shape index (κ3) is 2.96. The monoisotopic (exact) mass is 257 g/mol. The predicted molar refractivity (Wildman–Crippen MR) is 76.8 cm³/mol. The molecule has 0 aliphatic carbocycles. The Morgan fingerprint density at radius 2 is 2.11 bits per heavy atom. The van der Waals surface area contributed by atoms with Crippen molar-refractivity contribution in [3.63, 3.8) is 0 Å². The standard InChI is InChI=1S/C15H19N3O/c1-3-18(10-12-7-5-4-6-11(12)2)15(19)14-8-13(16)9-17-14/h4-9,17H,3,10,16H2,1-2H3. The Morgan fingerprint density at radius 3 is 2.68 bits per heavy atom. The molecule has 100 valence electrons. The maximum atomic E-state index is 12.3. The zero-order valence-corrected chi connectivity index (χ0v) is 11.3. The summed E-state index contributed by atoms with van der Waals surface area (Å²) in [4.78, 5) is 17.0. The van der Waals surface area contributed by atoms with Gasteiger partial charge in [0, 0.05) is 25.0 Å². The first-order valence-electron chi connectivity index (χ1n) is 6.39. The Morgan fingerprint density at radius 1 is 1.37 bits per heavy atom. The molecule has 2 rings (SSSR count). The molecular formula is C15H19N3O. The molecule has 0 atom stereocenters. The van der Waals surface area contributed by atoms with Gasteiger partial charge in [-0.2, -0.15) is 0 Å². The van der Waals surface area contributed by atoms with Gasteiger partial charge in [-0.15, -0.1) is 0 Å². The van der Waals surface area contributed by atoms with E-state index in [1.807, 2.05) is 25.1 Å². The highest BCUT2D eigenvalue weighted by atomic mass is 16.2. The summed E-state index contributed by atoms with van der Waals surface area (Å²) in [7, 11) is 0. The van der Waals surface area contributed by atoms with Crippen molar-refractivity contribution in [2.45, 2.75) is 20.4 Å². The van der Waals surface area contributed by atoms with Gasteiger partial charge in [-0.25, -0.2) is 0 Å². The van der Waals surface area contributed by atoms with Crippen LogP contribution in [0.1, 0.15) is 28.5 Å². The number of aryl methyl sites for hydroxylation is 1. The summed E-state index contributed by atoms with van der Waals surface area (Å²) in [5, 5.41) is 0. The number of amides is 1. The molecular weight excluding hydrogens is 238 g/mol. The molecule has 0 saturated carbocycles. The van der Waals surface area contributed by atoms with Gasteiger partial charge in [-0.05, 0) is 31.0 Å². The van der Waals surface area contributed by atoms with Gasteiger partial charge in [0.05, 0.1) is 0 Å². The van der Waals surface area contributed by atoms with E-state index in [9.17, 15) is 4.79 Å². The van der Waals surface area contributed by atoms with Gasteiger partial charge in [-0.1, -0.05) is 24.3 Å². The van der Waals surface area contributed by atoms with E-state index in [4.69, 9.17) is 5.73 Å². The van der Waals surface area contributed by atoms with Crippen molar-refractivity contribution in [2.24, 2.45) is 0 Å². The molecule has 4 nitrogen and oxygen atoms in total. The van der Waals surface area contributed by atoms with Crippen LogP contribution in [0.5, 0.6) is 0 Å². The number of H-pyrrole nitrogens is 1. The molecule has 0 aliphatic rings. The Labute approximate surface area is 113 Å². The summed E-state index contributed by atoms with van der Waals surface area (Å²) in [5.74, 6) is -0.0255. The van der Waals surface area contributed by atoms with E-state index in [0.29, 0.717) is 24.5 Å². The average molecular weight is 257 g/mol. The number of carbonyl (C=O) groups excluding carboxylic acids is 1. The van der Waals surface area contributed by atoms with Crippen LogP contribution in [0.3, 0.4) is 0 Å². The van der Waals surface area contributed by atoms with E-state index in [1.165, 1.54) is 5.56 Å². The summed E-state index contributed by atoms with van der Waals surface area (Å²) < 4.78 is 0. The fourth-order valence-corrected chi connectivity index (χ4v) is 2.03. The van der Waals surface area contributed by atoms with Gasteiger partial charge in [0.25, 0.3) is 5.91 Å². The molecule has 0 spiro atoms. The smallest absolute Gasteiger partial charge is 0.270 e. The molecule has 3 N–H and O–H groups in total. The van der Waals surface area contributed by atoms with Gasteiger partial charge >= 0.3 is 0 Å². The number of nitrogens with two attached hydrogens (primary N) is 1. The van der Waals surface area contributed by atoms with Crippen LogP contribution in [0.25, 0.3) is 0 Å². The first-order chi connectivity index (χ1) is 9.11. The van der Waals surface area contributed by atoms with Gasteiger partial charge < -0.3 is 15.6 Å². The van der Waals surface area contributed by atoms with Crippen molar-refractivity contribution in [3.05, 3.63) is 53.3 Å². The number of carbonyl (C=O) groups is 1. The van der Waals surface area contributed by atoms with Crippen LogP contribution in [0.15, 0.2) is 36.5 Å². The lowest BCUT2D eigenvalue weighted by molar-refractivity contribution is 0.0747. The fourth-order valence-electron chi connectivity index (χ4n) is 2.03. The van der Waals surface area contributed by atoms with Crippen LogP contribution in [0.4, 0.5) is 5.69 Å². The molecule has 2 aromatic rings. The first kappa shape index (κ1) is 13.2. The maximum absolute atomic E-state index is 12.3. The molecule has 0 bridgehead atoms. The average Bonchev–Trinajstić information content (AvgIpc) is 2.84. The van der Waals surface area contributed by atoms with Crippen LogP contribution in [0, 0.1) is 6.92 Å². The van der Waals surface area contributed by atoms with Crippen molar-refractivity contribution in [3.8, 4) is 0 Å². The molecule has 0 unspecified atom stereocenters. The third-order valence-corrected chi connectivity index (χ3v) is 3.23. The number of anilines is 1. The van der Waals surface area contributed by atoms with Crippen molar-refractivity contribution < 1.29 is 4.79 Å². The molecule has 0 aliphatic heterocycles. The summed E-state index contributed by atoms with van der Waals surface area (Å²) in [5.41, 5.74) is 9.11. The number of nitrogens with one attached hydrogen (secondary N) is 1. The van der Waals surface area contributed by atoms with E-state index in [1.54, 1.807) is 17.2 Å². The van der Waals surface area contributed by atoms with Crippen molar-refractivity contribution in [1.29, 1.82) is 0 Å². The first-order valence-corrected chi connectivity index (χ1v) is 6.39. The number of benzene rings is 1. The highest BCUT2D eigenvalue weighted by Gasteiger charge is 2.16. The van der Waals surface area contributed by atoms with E-state index in [2.05, 4.69) is 18.0 Å². The molecule has 4 heteroatoms. The number of rotatable bonds is 4. The summed E-state index contributed by atoms with van der Waals surface area (Å²) in [6.07, 6.45) is 1.63. The maximum Gasteiger partial charge on any atom is 0.270 e. The molecule has 0 fully saturated rings. The summed E-state index contributed by atoms with van der Waals surface area (Å²) in [6, 6.07) is 9.77. The highest BCUT2D eigenvalue weighted by molar-refractivity contribution is 5.93. The zero-order chi connectivity index (χ0) is 13.8. The largest absolute Gasteiger partial charge is 0.397 e. The zero-order valence-electron chi connectivity index (χ0n) is 11.3. The summed E-state index contributed by atoms with van der Waals surface area (Å²) >= 11 is 0. The number of nitrogen functional groups attached to an aromatic ring is 1. The molecule has 1 heterocycles. The van der Waals surface area contributed by atoms with Crippen LogP contribution < -0.4 is 5.73 Å². The number of hydrogen-bond acceptors (Lipinski definition) is 2. The Balaban J connectivity index is 2.17. The van der Waals surface area contributed by atoms with Crippen molar-refractivity contribution in [2.75, 3.05) is 12.3 Å². The lowest BCUT2D eigenvalue weighted by Gasteiger charge is -2.21. The Bertz CT molecular complexity index is 574. The second kappa shape index (κ2) is 5.61. The Hall–Kier alpha value is -2.23. The highest BCUT2D eigenvalue weighted by Crippen LogP contribution is 2.14. The van der Waals surface area contributed by atoms with E-state index in [0.717, 1.165) is 5.56 Å². The topological polar surface area (TPSA) is 62.1 Å². The number of hydrogen-bond donors (Lipinski definition) is 2. The normalized spacial score (nSPS) is 10.4. The van der Waals surface area contributed by atoms with Gasteiger partial charge in [0.1, 0.15) is 5.69 Å². The Kier molecular flexibility index (Phi) is 3.90. The van der Waals surface area contributed by atoms with Crippen LogP contribution in [0.2, 0.25) is 0 Å². The quantitative estimate of drug-likeness (QED) is 0.884. The van der Waals surface area contributed by atoms with E-state index < -0.39 is 0 Å². The minimum absolute atomic E-state index is 0.0255. The number of nitrogens with zero attached hydrogens (tertiary/aromatic N) is 1. The molecule has 1 aromatic carbocycles. The van der Waals surface area contributed by atoms with Crippen molar-refractivity contribution >= 4 is 11.6 Å². The van der Waals surface area contributed by atoms with Gasteiger partial charge in [0.2, 0.25) is 0 Å². The SMILES string of the molecule is CCN(Cc1ccccc1C)C(=O)c1cc(N)c[nH]1. The van der Waals surface area contributed by atoms with Crippen molar-refractivity contribution in [1.82, 2.24) is 9.88 Å². The second-order valence-electron chi connectivity index (χ2n) is 4.59. The second-order valence-corrected chi connectivity index (χ2v) is 4.59. The third-order valence-electron chi connectivity index (χ3n) is 3.23. The van der Waals surface area contributed by atoms with Gasteiger partial charge in [0.15, 0.2) is 0 Å². The molecule has 1 aromatic heterocycles. The van der Waals surface area contributed by atoms with Crippen LogP contribution in [-0.4, -0.2) is 22.3 Å². The van der Waals surface area contributed by atoms with E-state index >= 15 is 0 Å².